The highest BCUT2D eigenvalue weighted by Crippen LogP contribution is 2.32. The summed E-state index contributed by atoms with van der Waals surface area (Å²) in [5.41, 5.74) is 6.49. The predicted octanol–water partition coefficient (Wildman–Crippen LogP) is 0.265. The molecule has 0 spiro atoms. The highest BCUT2D eigenvalue weighted by Gasteiger charge is 2.19. The number of nitrogens with one attached hydrogen (secondary N) is 1. The van der Waals surface area contributed by atoms with E-state index in [2.05, 4.69) is 5.32 Å². The lowest BCUT2D eigenvalue weighted by molar-refractivity contribution is -0.139. The second kappa shape index (κ2) is 6.45. The molecule has 1 heterocycles. The van der Waals surface area contributed by atoms with Crippen molar-refractivity contribution in [3.8, 4) is 11.5 Å². The summed E-state index contributed by atoms with van der Waals surface area (Å²) in [4.78, 5) is 22.2. The number of rotatable bonds is 6. The number of fused-ring (bicyclic) bond motifs is 1. The molecule has 0 bridgehead atoms. The number of carbonyl (C=O) groups excluding carboxylic acids is 1. The Balaban J connectivity index is 1.88. The average Bonchev–Trinajstić information content (AvgIpc) is 2.84. The van der Waals surface area contributed by atoms with Gasteiger partial charge in [0.05, 0.1) is 12.5 Å². The molecule has 4 N–H and O–H groups in total. The quantitative estimate of drug-likeness (QED) is 0.694. The van der Waals surface area contributed by atoms with Gasteiger partial charge >= 0.3 is 5.97 Å². The van der Waals surface area contributed by atoms with Crippen LogP contribution in [0.1, 0.15) is 18.9 Å². The molecule has 0 saturated carbocycles. The molecule has 0 saturated heterocycles. The van der Waals surface area contributed by atoms with Gasteiger partial charge in [-0.3, -0.25) is 9.59 Å². The van der Waals surface area contributed by atoms with Gasteiger partial charge in [-0.25, -0.2) is 0 Å². The maximum Gasteiger partial charge on any atom is 0.305 e. The number of carbonyl (C=O) groups is 2. The third-order valence-corrected chi connectivity index (χ3v) is 3.10. The zero-order chi connectivity index (χ0) is 15.4. The normalized spacial score (nSPS) is 15.3. The minimum atomic E-state index is -1.10. The van der Waals surface area contributed by atoms with Crippen LogP contribution in [0.25, 0.3) is 0 Å². The van der Waals surface area contributed by atoms with Crippen LogP contribution in [0.15, 0.2) is 18.2 Å². The monoisotopic (exact) mass is 294 g/mol. The van der Waals surface area contributed by atoms with Crippen LogP contribution < -0.4 is 20.5 Å². The fourth-order valence-electron chi connectivity index (χ4n) is 2.10. The van der Waals surface area contributed by atoms with Crippen molar-refractivity contribution in [3.63, 3.8) is 0 Å². The van der Waals surface area contributed by atoms with Crippen LogP contribution in [0.5, 0.6) is 11.5 Å². The molecule has 1 aliphatic rings. The van der Waals surface area contributed by atoms with Crippen molar-refractivity contribution in [2.75, 3.05) is 6.79 Å². The zero-order valence-electron chi connectivity index (χ0n) is 11.7. The summed E-state index contributed by atoms with van der Waals surface area (Å²) in [5.74, 6) is -0.167. The first-order valence-electron chi connectivity index (χ1n) is 6.62. The molecule has 2 rings (SSSR count). The van der Waals surface area contributed by atoms with E-state index in [4.69, 9.17) is 20.3 Å². The second-order valence-corrected chi connectivity index (χ2v) is 5.01. The fourth-order valence-corrected chi connectivity index (χ4v) is 2.10. The molecule has 21 heavy (non-hydrogen) atoms. The average molecular weight is 294 g/mol. The molecule has 114 valence electrons. The molecule has 2 unspecified atom stereocenters. The van der Waals surface area contributed by atoms with Crippen molar-refractivity contribution in [2.45, 2.75) is 31.8 Å². The topological polar surface area (TPSA) is 111 Å². The number of ether oxygens (including phenoxy) is 2. The van der Waals surface area contributed by atoms with Gasteiger partial charge in [0.2, 0.25) is 12.7 Å². The van der Waals surface area contributed by atoms with Crippen LogP contribution in [0, 0.1) is 0 Å². The van der Waals surface area contributed by atoms with Gasteiger partial charge in [0.1, 0.15) is 0 Å². The maximum atomic E-state index is 11.7. The van der Waals surface area contributed by atoms with E-state index in [-0.39, 0.29) is 19.3 Å². The fraction of sp³-hybridized carbons (Fsp3) is 0.429. The molecule has 1 aliphatic heterocycles. The minimum Gasteiger partial charge on any atom is -0.481 e. The molecule has 0 aliphatic carbocycles. The molecule has 2 atom stereocenters. The van der Waals surface area contributed by atoms with Crippen LogP contribution in [0.4, 0.5) is 0 Å². The Morgan fingerprint density at radius 3 is 2.81 bits per heavy atom. The lowest BCUT2D eigenvalue weighted by Gasteiger charge is -2.17. The third kappa shape index (κ3) is 4.09. The molecular formula is C14H18N2O5. The number of aliphatic carboxylic acids is 1. The standard InChI is InChI=1S/C14H18N2O5/c1-8(16-14(19)10(15)6-13(17)18)4-9-2-3-11-12(5-9)21-7-20-11/h2-3,5,8,10H,4,6-7,15H2,1H3,(H,16,19)(H,17,18). The highest BCUT2D eigenvalue weighted by molar-refractivity contribution is 5.86. The van der Waals surface area contributed by atoms with Crippen LogP contribution in [0.2, 0.25) is 0 Å². The van der Waals surface area contributed by atoms with Gasteiger partial charge in [0, 0.05) is 6.04 Å². The zero-order valence-corrected chi connectivity index (χ0v) is 11.7. The molecule has 1 aromatic carbocycles. The second-order valence-electron chi connectivity index (χ2n) is 5.01. The first kappa shape index (κ1) is 15.1. The van der Waals surface area contributed by atoms with Gasteiger partial charge in [0.15, 0.2) is 11.5 Å². The van der Waals surface area contributed by atoms with Crippen molar-refractivity contribution in [1.29, 1.82) is 0 Å². The van der Waals surface area contributed by atoms with E-state index in [9.17, 15) is 9.59 Å². The van der Waals surface area contributed by atoms with Crippen molar-refractivity contribution < 1.29 is 24.2 Å². The summed E-state index contributed by atoms with van der Waals surface area (Å²) in [7, 11) is 0. The summed E-state index contributed by atoms with van der Waals surface area (Å²) in [6.07, 6.45) is 0.199. The summed E-state index contributed by atoms with van der Waals surface area (Å²) >= 11 is 0. The smallest absolute Gasteiger partial charge is 0.305 e. The minimum absolute atomic E-state index is 0.169. The Hall–Kier alpha value is -2.28. The number of carboxylic acid groups (broad SMARTS) is 1. The van der Waals surface area contributed by atoms with Crippen LogP contribution in [0.3, 0.4) is 0 Å². The summed E-state index contributed by atoms with van der Waals surface area (Å²) in [6.45, 7) is 2.05. The number of carboxylic acids is 1. The summed E-state index contributed by atoms with van der Waals surface area (Å²) in [5, 5.41) is 11.3. The van der Waals surface area contributed by atoms with E-state index >= 15 is 0 Å². The lowest BCUT2D eigenvalue weighted by atomic mass is 10.1. The van der Waals surface area contributed by atoms with Gasteiger partial charge in [-0.05, 0) is 31.0 Å². The Morgan fingerprint density at radius 2 is 2.10 bits per heavy atom. The molecule has 1 aromatic rings. The lowest BCUT2D eigenvalue weighted by Crippen LogP contribution is -2.46. The molecule has 7 nitrogen and oxygen atoms in total. The molecular weight excluding hydrogens is 276 g/mol. The van der Waals surface area contributed by atoms with E-state index in [0.717, 1.165) is 5.56 Å². The largest absolute Gasteiger partial charge is 0.481 e. The molecule has 0 radical (unpaired) electrons. The number of amides is 1. The molecule has 7 heteroatoms. The first-order chi connectivity index (χ1) is 9.95. The van der Waals surface area contributed by atoms with Crippen LogP contribution in [-0.4, -0.2) is 35.9 Å². The Bertz CT molecular complexity index is 546. The summed E-state index contributed by atoms with van der Waals surface area (Å²) < 4.78 is 10.5. The van der Waals surface area contributed by atoms with Crippen LogP contribution in [-0.2, 0) is 16.0 Å². The van der Waals surface area contributed by atoms with Gasteiger partial charge < -0.3 is 25.6 Å². The van der Waals surface area contributed by atoms with Gasteiger partial charge in [-0.1, -0.05) is 6.07 Å². The van der Waals surface area contributed by atoms with E-state index in [1.54, 1.807) is 0 Å². The number of hydrogen-bond donors (Lipinski definition) is 3. The van der Waals surface area contributed by atoms with Crippen molar-refractivity contribution in [1.82, 2.24) is 5.32 Å². The van der Waals surface area contributed by atoms with Gasteiger partial charge in [-0.15, -0.1) is 0 Å². The SMILES string of the molecule is CC(Cc1ccc2c(c1)OCO2)NC(=O)C(N)CC(=O)O. The highest BCUT2D eigenvalue weighted by atomic mass is 16.7. The van der Waals surface area contributed by atoms with Crippen molar-refractivity contribution in [3.05, 3.63) is 23.8 Å². The number of hydrogen-bond acceptors (Lipinski definition) is 5. The third-order valence-electron chi connectivity index (χ3n) is 3.10. The van der Waals surface area contributed by atoms with Crippen LogP contribution >= 0.6 is 0 Å². The van der Waals surface area contributed by atoms with Gasteiger partial charge in [-0.2, -0.15) is 0 Å². The van der Waals surface area contributed by atoms with E-state index in [1.165, 1.54) is 0 Å². The van der Waals surface area contributed by atoms with E-state index in [0.29, 0.717) is 17.9 Å². The molecule has 0 fully saturated rings. The first-order valence-corrected chi connectivity index (χ1v) is 6.62. The maximum absolute atomic E-state index is 11.7. The van der Waals surface area contributed by atoms with Crippen molar-refractivity contribution >= 4 is 11.9 Å². The molecule has 1 amide bonds. The molecule has 0 aromatic heterocycles. The Kier molecular flexibility index (Phi) is 4.64. The van der Waals surface area contributed by atoms with Crippen molar-refractivity contribution in [2.24, 2.45) is 5.73 Å². The summed E-state index contributed by atoms with van der Waals surface area (Å²) in [6, 6.07) is 4.37. The van der Waals surface area contributed by atoms with E-state index in [1.807, 2.05) is 25.1 Å². The van der Waals surface area contributed by atoms with Gasteiger partial charge in [0.25, 0.3) is 0 Å². The number of nitrogens with two attached hydrogens (primary N) is 1. The van der Waals surface area contributed by atoms with E-state index < -0.39 is 17.9 Å². The number of benzene rings is 1. The Morgan fingerprint density at radius 1 is 1.38 bits per heavy atom. The predicted molar refractivity (Wildman–Crippen MR) is 74.1 cm³/mol. The Labute approximate surface area is 122 Å².